The van der Waals surface area contributed by atoms with Crippen LogP contribution in [0.1, 0.15) is 12.0 Å². The highest BCUT2D eigenvalue weighted by molar-refractivity contribution is 7.83. The molecule has 1 unspecified atom stereocenters. The minimum atomic E-state index is -1.05. The molecular weight excluding hydrogens is 464 g/mol. The highest BCUT2D eigenvalue weighted by atomic mass is 35.5. The zero-order valence-corrected chi connectivity index (χ0v) is 18.6. The number of halogens is 3. The van der Waals surface area contributed by atoms with Crippen molar-refractivity contribution < 1.29 is 27.7 Å². The monoisotopic (exact) mass is 483 g/mol. The summed E-state index contributed by atoms with van der Waals surface area (Å²) in [6.45, 7) is 0.405. The maximum absolute atomic E-state index is 14.1. The van der Waals surface area contributed by atoms with Gasteiger partial charge in [0.2, 0.25) is 5.28 Å². The maximum atomic E-state index is 14.1. The lowest BCUT2D eigenvalue weighted by molar-refractivity contribution is 0.247. The van der Waals surface area contributed by atoms with Crippen molar-refractivity contribution in [2.45, 2.75) is 12.2 Å². The zero-order chi connectivity index (χ0) is 23.1. The smallest absolute Gasteiger partial charge is 0.223 e. The molecule has 0 aliphatic rings. The fourth-order valence-corrected chi connectivity index (χ4v) is 3.67. The highest BCUT2D eigenvalue weighted by Gasteiger charge is 2.15. The molecule has 0 aliphatic carbocycles. The standard InChI is InChI=1S/C21H20ClF2N3O4S/c1-32(29)12-13-7-15(27-28)10-16(8-13)30-5-2-6-31-19-9-14(23)3-4-17(19)20-18(24)11-25-21(22)26-20/h3-4,7-11,27-28H,2,5-6,12H2,1H3. The van der Waals surface area contributed by atoms with Crippen LogP contribution >= 0.6 is 11.6 Å². The minimum absolute atomic E-state index is 0.0922. The molecule has 2 aromatic carbocycles. The summed E-state index contributed by atoms with van der Waals surface area (Å²) in [6, 6.07) is 8.66. The summed E-state index contributed by atoms with van der Waals surface area (Å²) < 4.78 is 50.7. The number of nitrogens with one attached hydrogen (secondary N) is 1. The Morgan fingerprint density at radius 1 is 1.16 bits per heavy atom. The first-order valence-corrected chi connectivity index (χ1v) is 11.5. The van der Waals surface area contributed by atoms with Gasteiger partial charge in [0.1, 0.15) is 23.0 Å². The lowest BCUT2D eigenvalue weighted by Crippen LogP contribution is -2.07. The minimum Gasteiger partial charge on any atom is -0.493 e. The maximum Gasteiger partial charge on any atom is 0.223 e. The second-order valence-electron chi connectivity index (χ2n) is 6.72. The van der Waals surface area contributed by atoms with Gasteiger partial charge in [0, 0.05) is 46.9 Å². The molecule has 170 valence electrons. The summed E-state index contributed by atoms with van der Waals surface area (Å²) in [6.07, 6.45) is 2.94. The molecule has 7 nitrogen and oxygen atoms in total. The van der Waals surface area contributed by atoms with Crippen LogP contribution < -0.4 is 15.0 Å². The summed E-state index contributed by atoms with van der Waals surface area (Å²) >= 11 is 5.76. The summed E-state index contributed by atoms with van der Waals surface area (Å²) in [5.41, 5.74) is 3.35. The Labute approximate surface area is 190 Å². The molecule has 0 fully saturated rings. The van der Waals surface area contributed by atoms with Crippen LogP contribution in [-0.4, -0.2) is 38.9 Å². The van der Waals surface area contributed by atoms with Gasteiger partial charge in [-0.15, -0.1) is 0 Å². The van der Waals surface area contributed by atoms with Gasteiger partial charge in [0.15, 0.2) is 5.82 Å². The molecule has 0 radical (unpaired) electrons. The SMILES string of the molecule is CS(=O)Cc1cc(NO)cc(OCCCOc2cc(F)ccc2-c2nc(Cl)ncc2F)c1. The summed E-state index contributed by atoms with van der Waals surface area (Å²) in [5.74, 6) is -0.349. The average molecular weight is 484 g/mol. The molecule has 0 bridgehead atoms. The van der Waals surface area contributed by atoms with E-state index >= 15 is 0 Å². The highest BCUT2D eigenvalue weighted by Crippen LogP contribution is 2.31. The van der Waals surface area contributed by atoms with Crippen LogP contribution in [0.2, 0.25) is 5.28 Å². The van der Waals surface area contributed by atoms with Crippen molar-refractivity contribution in [1.82, 2.24) is 9.97 Å². The summed E-state index contributed by atoms with van der Waals surface area (Å²) in [5, 5.41) is 9.02. The molecule has 32 heavy (non-hydrogen) atoms. The zero-order valence-electron chi connectivity index (χ0n) is 17.0. The van der Waals surface area contributed by atoms with E-state index in [1.807, 2.05) is 0 Å². The molecule has 0 aliphatic heterocycles. The van der Waals surface area contributed by atoms with Crippen LogP contribution in [0.15, 0.2) is 42.6 Å². The van der Waals surface area contributed by atoms with Gasteiger partial charge < -0.3 is 9.47 Å². The van der Waals surface area contributed by atoms with Gasteiger partial charge >= 0.3 is 0 Å². The molecule has 2 N–H and O–H groups in total. The molecule has 1 heterocycles. The second-order valence-corrected chi connectivity index (χ2v) is 8.49. The molecule has 0 saturated carbocycles. The van der Waals surface area contributed by atoms with Crippen molar-refractivity contribution >= 4 is 28.1 Å². The molecule has 1 aromatic heterocycles. The normalized spacial score (nSPS) is 11.8. The van der Waals surface area contributed by atoms with Crippen molar-refractivity contribution in [1.29, 1.82) is 0 Å². The van der Waals surface area contributed by atoms with Gasteiger partial charge in [0.05, 0.1) is 25.1 Å². The number of anilines is 1. The Morgan fingerprint density at radius 3 is 2.69 bits per heavy atom. The van der Waals surface area contributed by atoms with Crippen LogP contribution in [0.5, 0.6) is 11.5 Å². The summed E-state index contributed by atoms with van der Waals surface area (Å²) in [7, 11) is -1.05. The molecule has 3 aromatic rings. The van der Waals surface area contributed by atoms with Crippen molar-refractivity contribution in [3.05, 3.63) is 65.1 Å². The number of ether oxygens (including phenoxy) is 2. The fraction of sp³-hybridized carbons (Fsp3) is 0.238. The average Bonchev–Trinajstić information content (AvgIpc) is 2.75. The van der Waals surface area contributed by atoms with E-state index < -0.39 is 22.4 Å². The Balaban J connectivity index is 1.63. The van der Waals surface area contributed by atoms with Crippen molar-refractivity contribution in [3.63, 3.8) is 0 Å². The molecule has 0 spiro atoms. The number of hydrogen-bond acceptors (Lipinski definition) is 7. The molecule has 3 rings (SSSR count). The second kappa shape index (κ2) is 11.2. The van der Waals surface area contributed by atoms with E-state index in [0.29, 0.717) is 23.6 Å². The van der Waals surface area contributed by atoms with Gasteiger partial charge in [-0.25, -0.2) is 18.7 Å². The van der Waals surface area contributed by atoms with E-state index in [4.69, 9.17) is 26.3 Å². The molecule has 1 atom stereocenters. The van der Waals surface area contributed by atoms with Crippen molar-refractivity contribution in [2.24, 2.45) is 0 Å². The lowest BCUT2D eigenvalue weighted by Gasteiger charge is -2.13. The van der Waals surface area contributed by atoms with E-state index in [2.05, 4.69) is 15.4 Å². The fourth-order valence-electron chi connectivity index (χ4n) is 2.90. The lowest BCUT2D eigenvalue weighted by atomic mass is 10.1. The van der Waals surface area contributed by atoms with E-state index in [-0.39, 0.29) is 35.5 Å². The van der Waals surface area contributed by atoms with Crippen LogP contribution in [0.25, 0.3) is 11.3 Å². The largest absolute Gasteiger partial charge is 0.493 e. The van der Waals surface area contributed by atoms with E-state index in [0.717, 1.165) is 17.8 Å². The van der Waals surface area contributed by atoms with E-state index in [9.17, 15) is 13.0 Å². The van der Waals surface area contributed by atoms with Crippen LogP contribution in [-0.2, 0) is 16.6 Å². The Bertz CT molecular complexity index is 1120. The van der Waals surface area contributed by atoms with E-state index in [1.54, 1.807) is 24.5 Å². The van der Waals surface area contributed by atoms with Crippen molar-refractivity contribution in [2.75, 3.05) is 24.9 Å². The number of rotatable bonds is 10. The van der Waals surface area contributed by atoms with Gasteiger partial charge in [-0.2, -0.15) is 0 Å². The van der Waals surface area contributed by atoms with E-state index in [1.165, 1.54) is 12.1 Å². The number of nitrogens with zero attached hydrogens (tertiary/aromatic N) is 2. The molecule has 11 heteroatoms. The van der Waals surface area contributed by atoms with Crippen LogP contribution in [0, 0.1) is 11.6 Å². The van der Waals surface area contributed by atoms with Crippen LogP contribution in [0.4, 0.5) is 14.5 Å². The number of benzene rings is 2. The molecular formula is C21H20ClF2N3O4S. The van der Waals surface area contributed by atoms with Gasteiger partial charge in [-0.3, -0.25) is 14.9 Å². The third-order valence-corrected chi connectivity index (χ3v) is 5.12. The molecule has 0 saturated heterocycles. The van der Waals surface area contributed by atoms with Gasteiger partial charge in [0.25, 0.3) is 0 Å². The third-order valence-electron chi connectivity index (χ3n) is 4.19. The quantitative estimate of drug-likeness (QED) is 0.247. The number of hydrogen-bond donors (Lipinski definition) is 2. The first-order chi connectivity index (χ1) is 15.4. The van der Waals surface area contributed by atoms with Gasteiger partial charge in [-0.05, 0) is 41.4 Å². The Hall–Kier alpha value is -2.82. The molecule has 0 amide bonds. The topological polar surface area (TPSA) is 93.6 Å². The first-order valence-electron chi connectivity index (χ1n) is 9.43. The Kier molecular flexibility index (Phi) is 8.32. The van der Waals surface area contributed by atoms with Crippen LogP contribution in [0.3, 0.4) is 0 Å². The van der Waals surface area contributed by atoms with Crippen molar-refractivity contribution in [3.8, 4) is 22.8 Å². The number of aromatic nitrogens is 2. The first kappa shape index (κ1) is 23.8. The summed E-state index contributed by atoms with van der Waals surface area (Å²) in [4.78, 5) is 7.44. The van der Waals surface area contributed by atoms with Gasteiger partial charge in [-0.1, -0.05) is 0 Å². The Morgan fingerprint density at radius 2 is 1.94 bits per heavy atom. The predicted molar refractivity (Wildman–Crippen MR) is 118 cm³/mol. The third kappa shape index (κ3) is 6.59. The predicted octanol–water partition coefficient (Wildman–Crippen LogP) is 4.60.